The van der Waals surface area contributed by atoms with E-state index in [9.17, 15) is 5.11 Å². The Kier molecular flexibility index (Phi) is 6.77. The molecule has 4 heteroatoms. The number of rotatable bonds is 5. The molecule has 1 fully saturated rings. The topological polar surface area (TPSA) is 55.5 Å². The summed E-state index contributed by atoms with van der Waals surface area (Å²) >= 11 is 6.37. The van der Waals surface area contributed by atoms with Crippen LogP contribution in [0, 0.1) is 11.3 Å². The summed E-state index contributed by atoms with van der Waals surface area (Å²) in [5.74, 6) is 1.64. The van der Waals surface area contributed by atoms with Crippen LogP contribution in [-0.4, -0.2) is 17.8 Å². The lowest BCUT2D eigenvalue weighted by Gasteiger charge is -2.37. The second-order valence-corrected chi connectivity index (χ2v) is 11.4. The first kappa shape index (κ1) is 24.1. The first-order valence-corrected chi connectivity index (χ1v) is 12.4. The SMILES string of the molecule is CC(N)(CO)c1ccc2c(-c3cccc(Cl)c3)c(OC3CCC(C(C)(C)C)CC3)ccc2c1. The number of benzene rings is 3. The lowest BCUT2D eigenvalue weighted by molar-refractivity contribution is 0.0887. The molecule has 0 heterocycles. The molecule has 1 saturated carbocycles. The van der Waals surface area contributed by atoms with Gasteiger partial charge in [-0.3, -0.25) is 0 Å². The number of ether oxygens (including phenoxy) is 1. The van der Waals surface area contributed by atoms with Crippen molar-refractivity contribution in [2.75, 3.05) is 6.61 Å². The third-order valence-electron chi connectivity index (χ3n) is 7.28. The Balaban J connectivity index is 1.73. The van der Waals surface area contributed by atoms with Crippen molar-refractivity contribution in [3.8, 4) is 16.9 Å². The van der Waals surface area contributed by atoms with Crippen LogP contribution < -0.4 is 10.5 Å². The summed E-state index contributed by atoms with van der Waals surface area (Å²) in [5, 5.41) is 12.6. The molecule has 1 aliphatic carbocycles. The van der Waals surface area contributed by atoms with Crippen molar-refractivity contribution in [1.82, 2.24) is 0 Å². The predicted molar refractivity (Wildman–Crippen MR) is 139 cm³/mol. The van der Waals surface area contributed by atoms with E-state index in [0.29, 0.717) is 10.4 Å². The number of hydrogen-bond acceptors (Lipinski definition) is 3. The van der Waals surface area contributed by atoms with Crippen LogP contribution in [0.25, 0.3) is 21.9 Å². The van der Waals surface area contributed by atoms with Gasteiger partial charge in [0, 0.05) is 10.6 Å². The van der Waals surface area contributed by atoms with Gasteiger partial charge in [0.1, 0.15) is 5.75 Å². The summed E-state index contributed by atoms with van der Waals surface area (Å²) in [6.45, 7) is 8.76. The van der Waals surface area contributed by atoms with E-state index >= 15 is 0 Å². The first-order valence-electron chi connectivity index (χ1n) is 12.0. The fraction of sp³-hybridized carbons (Fsp3) is 0.448. The van der Waals surface area contributed by atoms with Gasteiger partial charge in [0.25, 0.3) is 0 Å². The molecule has 176 valence electrons. The van der Waals surface area contributed by atoms with Gasteiger partial charge in [-0.1, -0.05) is 62.7 Å². The van der Waals surface area contributed by atoms with Gasteiger partial charge in [0.2, 0.25) is 0 Å². The van der Waals surface area contributed by atoms with Crippen LogP contribution in [-0.2, 0) is 5.54 Å². The molecule has 3 aromatic carbocycles. The molecule has 0 bridgehead atoms. The maximum atomic E-state index is 9.72. The van der Waals surface area contributed by atoms with Crippen molar-refractivity contribution in [2.45, 2.75) is 65.0 Å². The predicted octanol–water partition coefficient (Wildman–Crippen LogP) is 7.31. The van der Waals surface area contributed by atoms with Gasteiger partial charge < -0.3 is 15.6 Å². The molecule has 0 spiro atoms. The summed E-state index contributed by atoms with van der Waals surface area (Å²) in [6, 6.07) is 18.3. The second-order valence-electron chi connectivity index (χ2n) is 10.9. The molecule has 3 aromatic rings. The monoisotopic (exact) mass is 465 g/mol. The van der Waals surface area contributed by atoms with E-state index in [1.165, 1.54) is 12.8 Å². The molecule has 33 heavy (non-hydrogen) atoms. The number of fused-ring (bicyclic) bond motifs is 1. The minimum atomic E-state index is -0.786. The Hall–Kier alpha value is -2.07. The highest BCUT2D eigenvalue weighted by atomic mass is 35.5. The highest BCUT2D eigenvalue weighted by Gasteiger charge is 2.31. The van der Waals surface area contributed by atoms with E-state index in [2.05, 4.69) is 51.1 Å². The number of aliphatic hydroxyl groups is 1. The van der Waals surface area contributed by atoms with Crippen molar-refractivity contribution in [1.29, 1.82) is 0 Å². The zero-order chi connectivity index (χ0) is 23.8. The third kappa shape index (κ3) is 5.21. The van der Waals surface area contributed by atoms with Crippen LogP contribution in [0.4, 0.5) is 0 Å². The molecule has 1 unspecified atom stereocenters. The zero-order valence-corrected chi connectivity index (χ0v) is 21.0. The number of nitrogens with two attached hydrogens (primary N) is 1. The van der Waals surface area contributed by atoms with Crippen LogP contribution in [0.2, 0.25) is 5.02 Å². The lowest BCUT2D eigenvalue weighted by atomic mass is 9.72. The van der Waals surface area contributed by atoms with Crippen LogP contribution in [0.15, 0.2) is 54.6 Å². The third-order valence-corrected chi connectivity index (χ3v) is 7.51. The molecule has 0 radical (unpaired) electrons. The van der Waals surface area contributed by atoms with Gasteiger partial charge in [-0.05, 0) is 90.1 Å². The number of halogens is 1. The van der Waals surface area contributed by atoms with Gasteiger partial charge in [-0.25, -0.2) is 0 Å². The zero-order valence-electron chi connectivity index (χ0n) is 20.2. The van der Waals surface area contributed by atoms with Crippen molar-refractivity contribution in [2.24, 2.45) is 17.1 Å². The van der Waals surface area contributed by atoms with Crippen LogP contribution >= 0.6 is 11.6 Å². The molecular formula is C29H36ClNO2. The van der Waals surface area contributed by atoms with Crippen molar-refractivity contribution >= 4 is 22.4 Å². The normalized spacial score (nSPS) is 21.1. The smallest absolute Gasteiger partial charge is 0.128 e. The van der Waals surface area contributed by atoms with Crippen molar-refractivity contribution in [3.63, 3.8) is 0 Å². The van der Waals surface area contributed by atoms with Gasteiger partial charge in [-0.2, -0.15) is 0 Å². The summed E-state index contributed by atoms with van der Waals surface area (Å²) in [7, 11) is 0. The Morgan fingerprint density at radius 3 is 2.33 bits per heavy atom. The molecule has 3 nitrogen and oxygen atoms in total. The standard InChI is InChI=1S/C29H36ClNO2/c1-28(2,3)21-9-12-24(13-10-21)33-26-15-8-19-16-22(29(4,31)18-32)11-14-25(19)27(26)20-6-5-7-23(30)17-20/h5-8,11,14-17,21,24,32H,9-10,12-13,18,31H2,1-4H3. The molecule has 3 N–H and O–H groups in total. The lowest BCUT2D eigenvalue weighted by Crippen LogP contribution is -2.36. The summed E-state index contributed by atoms with van der Waals surface area (Å²) < 4.78 is 6.66. The molecule has 0 aromatic heterocycles. The van der Waals surface area contributed by atoms with Gasteiger partial charge in [-0.15, -0.1) is 0 Å². The maximum absolute atomic E-state index is 9.72. The van der Waals surface area contributed by atoms with Crippen LogP contribution in [0.1, 0.15) is 58.9 Å². The number of aliphatic hydroxyl groups excluding tert-OH is 1. The van der Waals surface area contributed by atoms with E-state index in [4.69, 9.17) is 22.1 Å². The van der Waals surface area contributed by atoms with Crippen molar-refractivity contribution < 1.29 is 9.84 Å². The fourth-order valence-corrected chi connectivity index (χ4v) is 5.21. The Bertz CT molecular complexity index is 1120. The Morgan fingerprint density at radius 1 is 0.970 bits per heavy atom. The summed E-state index contributed by atoms with van der Waals surface area (Å²) in [5.41, 5.74) is 8.87. The average Bonchev–Trinajstić information content (AvgIpc) is 2.78. The van der Waals surface area contributed by atoms with Gasteiger partial charge in [0.05, 0.1) is 18.2 Å². The number of hydrogen-bond donors (Lipinski definition) is 2. The molecule has 4 rings (SSSR count). The van der Waals surface area contributed by atoms with Gasteiger partial charge in [0.15, 0.2) is 0 Å². The highest BCUT2D eigenvalue weighted by molar-refractivity contribution is 6.31. The Labute approximate surface area is 202 Å². The van der Waals surface area contributed by atoms with E-state index < -0.39 is 5.54 Å². The van der Waals surface area contributed by atoms with E-state index in [1.54, 1.807) is 0 Å². The molecule has 0 amide bonds. The highest BCUT2D eigenvalue weighted by Crippen LogP contribution is 2.42. The molecule has 1 aliphatic rings. The quantitative estimate of drug-likeness (QED) is 0.415. The van der Waals surface area contributed by atoms with Gasteiger partial charge >= 0.3 is 0 Å². The van der Waals surface area contributed by atoms with E-state index in [0.717, 1.165) is 52.0 Å². The maximum Gasteiger partial charge on any atom is 0.128 e. The molecule has 0 saturated heterocycles. The molecular weight excluding hydrogens is 430 g/mol. The minimum absolute atomic E-state index is 0.113. The largest absolute Gasteiger partial charge is 0.490 e. The molecule has 1 atom stereocenters. The van der Waals surface area contributed by atoms with E-state index in [1.807, 2.05) is 31.2 Å². The van der Waals surface area contributed by atoms with Crippen LogP contribution in [0.3, 0.4) is 0 Å². The van der Waals surface area contributed by atoms with Crippen molar-refractivity contribution in [3.05, 3.63) is 65.2 Å². The minimum Gasteiger partial charge on any atom is -0.490 e. The van der Waals surface area contributed by atoms with E-state index in [-0.39, 0.29) is 12.7 Å². The molecule has 0 aliphatic heterocycles. The second kappa shape index (κ2) is 9.29. The summed E-state index contributed by atoms with van der Waals surface area (Å²) in [6.07, 6.45) is 4.79. The fourth-order valence-electron chi connectivity index (χ4n) is 5.02. The first-order chi connectivity index (χ1) is 15.6. The van der Waals surface area contributed by atoms with Crippen LogP contribution in [0.5, 0.6) is 5.75 Å². The average molecular weight is 466 g/mol. The Morgan fingerprint density at radius 2 is 1.70 bits per heavy atom. The summed E-state index contributed by atoms with van der Waals surface area (Å²) in [4.78, 5) is 0.